The van der Waals surface area contributed by atoms with Crippen LogP contribution in [-0.4, -0.2) is 51.6 Å². The van der Waals surface area contributed by atoms with Gasteiger partial charge in [-0.15, -0.1) is 10.2 Å². The van der Waals surface area contributed by atoms with Crippen molar-refractivity contribution in [3.63, 3.8) is 0 Å². The Balaban J connectivity index is 1.54. The Bertz CT molecular complexity index is 676. The van der Waals surface area contributed by atoms with Crippen LogP contribution in [0, 0.1) is 5.92 Å². The summed E-state index contributed by atoms with van der Waals surface area (Å²) in [4.78, 5) is 14.7. The monoisotopic (exact) mass is 299 g/mol. The molecule has 0 saturated carbocycles. The highest BCUT2D eigenvalue weighted by Gasteiger charge is 2.32. The largest absolute Gasteiger partial charge is 0.342 e. The molecule has 0 aromatic carbocycles. The molecule has 1 amide bonds. The molecule has 4 rings (SSSR count). The average molecular weight is 299 g/mol. The first-order chi connectivity index (χ1) is 10.8. The maximum atomic E-state index is 12.6. The van der Waals surface area contributed by atoms with Gasteiger partial charge in [0.15, 0.2) is 5.65 Å². The van der Waals surface area contributed by atoms with Gasteiger partial charge in [-0.3, -0.25) is 9.20 Å². The fourth-order valence-electron chi connectivity index (χ4n) is 3.65. The maximum absolute atomic E-state index is 12.6. The number of pyridine rings is 1. The van der Waals surface area contributed by atoms with Crippen molar-refractivity contribution in [2.45, 2.75) is 25.2 Å². The number of amides is 1. The Morgan fingerprint density at radius 2 is 2.23 bits per heavy atom. The highest BCUT2D eigenvalue weighted by Crippen LogP contribution is 2.27. The van der Waals surface area contributed by atoms with Gasteiger partial charge in [0.05, 0.1) is 5.92 Å². The molecule has 0 aliphatic carbocycles. The van der Waals surface area contributed by atoms with E-state index in [-0.39, 0.29) is 11.8 Å². The average Bonchev–Trinajstić information content (AvgIpc) is 3.24. The van der Waals surface area contributed by atoms with E-state index in [1.54, 1.807) is 0 Å². The number of likely N-dealkylation sites (tertiary alicyclic amines) is 1. The first kappa shape index (κ1) is 13.7. The van der Waals surface area contributed by atoms with Crippen molar-refractivity contribution in [3.8, 4) is 0 Å². The summed E-state index contributed by atoms with van der Waals surface area (Å²) in [5.74, 6) is 1.74. The molecule has 0 spiro atoms. The van der Waals surface area contributed by atoms with Gasteiger partial charge in [0.1, 0.15) is 5.82 Å². The molecular weight excluding hydrogens is 278 g/mol. The molecule has 2 fully saturated rings. The predicted octanol–water partition coefficient (Wildman–Crippen LogP) is 1.04. The van der Waals surface area contributed by atoms with Crippen molar-refractivity contribution in [2.75, 3.05) is 26.2 Å². The minimum atomic E-state index is 0.161. The molecule has 116 valence electrons. The molecule has 4 heterocycles. The molecule has 22 heavy (non-hydrogen) atoms. The molecule has 2 aromatic heterocycles. The van der Waals surface area contributed by atoms with Crippen molar-refractivity contribution in [3.05, 3.63) is 30.2 Å². The third-order valence-corrected chi connectivity index (χ3v) is 4.85. The number of hydrogen-bond acceptors (Lipinski definition) is 4. The second-order valence-electron chi connectivity index (χ2n) is 6.30. The lowest BCUT2D eigenvalue weighted by Crippen LogP contribution is -2.43. The van der Waals surface area contributed by atoms with E-state index >= 15 is 0 Å². The molecule has 2 aromatic rings. The number of carbonyl (C=O) groups excluding carboxylic acids is 1. The molecular formula is C16H21N5O. The lowest BCUT2D eigenvalue weighted by atomic mass is 9.95. The van der Waals surface area contributed by atoms with Crippen LogP contribution in [0.25, 0.3) is 5.65 Å². The number of rotatable bonds is 2. The molecule has 2 saturated heterocycles. The lowest BCUT2D eigenvalue weighted by molar-refractivity contribution is -0.136. The Labute approximate surface area is 129 Å². The number of carbonyl (C=O) groups is 1. The minimum Gasteiger partial charge on any atom is -0.342 e. The van der Waals surface area contributed by atoms with Crippen molar-refractivity contribution < 1.29 is 4.79 Å². The van der Waals surface area contributed by atoms with Crippen molar-refractivity contribution >= 4 is 11.6 Å². The summed E-state index contributed by atoms with van der Waals surface area (Å²) in [5.41, 5.74) is 0.876. The zero-order valence-electron chi connectivity index (χ0n) is 12.6. The van der Waals surface area contributed by atoms with E-state index < -0.39 is 0 Å². The third-order valence-electron chi connectivity index (χ3n) is 4.85. The summed E-state index contributed by atoms with van der Waals surface area (Å²) in [6.45, 7) is 3.43. The summed E-state index contributed by atoms with van der Waals surface area (Å²) in [7, 11) is 0. The number of nitrogens with one attached hydrogen (secondary N) is 1. The van der Waals surface area contributed by atoms with Gasteiger partial charge in [-0.2, -0.15) is 0 Å². The van der Waals surface area contributed by atoms with E-state index in [0.717, 1.165) is 56.9 Å². The minimum absolute atomic E-state index is 0.161. The molecule has 0 bridgehead atoms. The van der Waals surface area contributed by atoms with Crippen LogP contribution in [0.4, 0.5) is 0 Å². The molecule has 6 nitrogen and oxygen atoms in total. The highest BCUT2D eigenvalue weighted by molar-refractivity contribution is 5.79. The molecule has 2 atom stereocenters. The molecule has 6 heteroatoms. The van der Waals surface area contributed by atoms with Gasteiger partial charge in [0, 0.05) is 31.7 Å². The highest BCUT2D eigenvalue weighted by atomic mass is 16.2. The van der Waals surface area contributed by atoms with Crippen molar-refractivity contribution in [1.29, 1.82) is 0 Å². The zero-order valence-corrected chi connectivity index (χ0v) is 12.6. The van der Waals surface area contributed by atoms with Gasteiger partial charge in [-0.1, -0.05) is 6.07 Å². The van der Waals surface area contributed by atoms with Gasteiger partial charge in [0.25, 0.3) is 0 Å². The van der Waals surface area contributed by atoms with E-state index in [4.69, 9.17) is 0 Å². The van der Waals surface area contributed by atoms with Crippen LogP contribution >= 0.6 is 0 Å². The van der Waals surface area contributed by atoms with E-state index in [2.05, 4.69) is 19.9 Å². The summed E-state index contributed by atoms with van der Waals surface area (Å²) in [6, 6.07) is 5.93. The van der Waals surface area contributed by atoms with E-state index in [9.17, 15) is 4.79 Å². The smallest absolute Gasteiger partial charge is 0.227 e. The third kappa shape index (κ3) is 2.37. The first-order valence-corrected chi connectivity index (χ1v) is 8.12. The molecule has 2 unspecified atom stereocenters. The van der Waals surface area contributed by atoms with E-state index in [0.29, 0.717) is 5.91 Å². The summed E-state index contributed by atoms with van der Waals surface area (Å²) in [6.07, 6.45) is 5.08. The zero-order chi connectivity index (χ0) is 14.9. The van der Waals surface area contributed by atoms with Gasteiger partial charge >= 0.3 is 0 Å². The van der Waals surface area contributed by atoms with Crippen LogP contribution < -0.4 is 5.32 Å². The fraction of sp³-hybridized carbons (Fsp3) is 0.562. The maximum Gasteiger partial charge on any atom is 0.227 e. The van der Waals surface area contributed by atoms with Crippen LogP contribution in [0.5, 0.6) is 0 Å². The molecule has 2 aliphatic rings. The van der Waals surface area contributed by atoms with Crippen LogP contribution in [0.15, 0.2) is 24.4 Å². The second kappa shape index (κ2) is 5.68. The SMILES string of the molecule is O=C(C1CCNC1)N1CCCC(c2nnc3ccccn23)C1. The number of fused-ring (bicyclic) bond motifs is 1. The molecule has 1 N–H and O–H groups in total. The summed E-state index contributed by atoms with van der Waals surface area (Å²) in [5, 5.41) is 11.9. The van der Waals surface area contributed by atoms with Gasteiger partial charge in [-0.05, 0) is 37.9 Å². The second-order valence-corrected chi connectivity index (χ2v) is 6.30. The van der Waals surface area contributed by atoms with Crippen molar-refractivity contribution in [2.24, 2.45) is 5.92 Å². The Morgan fingerprint density at radius 1 is 1.27 bits per heavy atom. The topological polar surface area (TPSA) is 62.5 Å². The predicted molar refractivity (Wildman–Crippen MR) is 82.5 cm³/mol. The number of nitrogens with zero attached hydrogens (tertiary/aromatic N) is 4. The van der Waals surface area contributed by atoms with Crippen LogP contribution in [0.3, 0.4) is 0 Å². The van der Waals surface area contributed by atoms with Crippen molar-refractivity contribution in [1.82, 2.24) is 24.8 Å². The number of piperidine rings is 1. The number of aromatic nitrogens is 3. The van der Waals surface area contributed by atoms with Gasteiger partial charge in [0.2, 0.25) is 5.91 Å². The summed E-state index contributed by atoms with van der Waals surface area (Å²) >= 11 is 0. The quantitative estimate of drug-likeness (QED) is 0.900. The Kier molecular flexibility index (Phi) is 3.54. The van der Waals surface area contributed by atoms with Crippen LogP contribution in [0.1, 0.15) is 31.0 Å². The van der Waals surface area contributed by atoms with E-state index in [1.807, 2.05) is 29.3 Å². The number of hydrogen-bond donors (Lipinski definition) is 1. The first-order valence-electron chi connectivity index (χ1n) is 8.12. The van der Waals surface area contributed by atoms with E-state index in [1.165, 1.54) is 0 Å². The molecule has 2 aliphatic heterocycles. The fourth-order valence-corrected chi connectivity index (χ4v) is 3.65. The summed E-state index contributed by atoms with van der Waals surface area (Å²) < 4.78 is 2.05. The molecule has 0 radical (unpaired) electrons. The Morgan fingerprint density at radius 3 is 3.09 bits per heavy atom. The normalized spacial score (nSPS) is 25.7. The van der Waals surface area contributed by atoms with Gasteiger partial charge in [-0.25, -0.2) is 0 Å². The lowest BCUT2D eigenvalue weighted by Gasteiger charge is -2.33. The standard InChI is InChI=1S/C16H21N5O/c22-16(12-6-7-17-10-12)20-8-3-4-13(11-20)15-19-18-14-5-1-2-9-21(14)15/h1-2,5,9,12-13,17H,3-4,6-8,10-11H2. The Hall–Kier alpha value is -1.95. The van der Waals surface area contributed by atoms with Crippen LogP contribution in [-0.2, 0) is 4.79 Å². The van der Waals surface area contributed by atoms with Crippen LogP contribution in [0.2, 0.25) is 0 Å². The van der Waals surface area contributed by atoms with Gasteiger partial charge < -0.3 is 10.2 Å².